The smallest absolute Gasteiger partial charge is 0.273 e. The van der Waals surface area contributed by atoms with E-state index in [1.54, 1.807) is 6.07 Å². The summed E-state index contributed by atoms with van der Waals surface area (Å²) in [6, 6.07) is 1.78. The fourth-order valence-electron chi connectivity index (χ4n) is 1.56. The molecule has 14 heavy (non-hydrogen) atoms. The summed E-state index contributed by atoms with van der Waals surface area (Å²) in [5.41, 5.74) is 0.343. The highest BCUT2D eigenvalue weighted by Gasteiger charge is 2.17. The average Bonchev–Trinajstić information content (AvgIpc) is 2.72. The van der Waals surface area contributed by atoms with Crippen molar-refractivity contribution in [1.29, 1.82) is 0 Å². The number of nitrogens with zero attached hydrogens (tertiary/aromatic N) is 1. The van der Waals surface area contributed by atoms with Gasteiger partial charge in [0.15, 0.2) is 5.69 Å². The van der Waals surface area contributed by atoms with Crippen LogP contribution in [0.4, 0.5) is 0 Å². The Morgan fingerprint density at radius 2 is 2.64 bits per heavy atom. The number of piperidine rings is 1. The Hall–Kier alpha value is -1.36. The molecule has 0 aliphatic carbocycles. The van der Waals surface area contributed by atoms with Gasteiger partial charge in [0.1, 0.15) is 6.26 Å². The standard InChI is InChI=1S/C9H13N3O2/c13-9(8-3-5-14-12-8)11-7-2-1-4-10-6-7/h3,5,7,10H,1-2,4,6H2,(H,11,13)/t7-/m1/s1. The summed E-state index contributed by atoms with van der Waals surface area (Å²) in [5, 5.41) is 9.70. The highest BCUT2D eigenvalue weighted by molar-refractivity contribution is 5.92. The van der Waals surface area contributed by atoms with Crippen LogP contribution in [-0.2, 0) is 0 Å². The number of carbonyl (C=O) groups excluding carboxylic acids is 1. The first kappa shape index (κ1) is 9.21. The molecule has 0 saturated carbocycles. The lowest BCUT2D eigenvalue weighted by Crippen LogP contribution is -2.45. The molecule has 5 nitrogen and oxygen atoms in total. The summed E-state index contributed by atoms with van der Waals surface area (Å²) < 4.78 is 4.60. The second-order valence-corrected chi connectivity index (χ2v) is 3.40. The van der Waals surface area contributed by atoms with Gasteiger partial charge in [0.05, 0.1) is 0 Å². The van der Waals surface area contributed by atoms with Crippen molar-refractivity contribution in [3.63, 3.8) is 0 Å². The largest absolute Gasteiger partial charge is 0.364 e. The predicted molar refractivity (Wildman–Crippen MR) is 49.9 cm³/mol. The van der Waals surface area contributed by atoms with Gasteiger partial charge in [0.2, 0.25) is 0 Å². The van der Waals surface area contributed by atoms with Crippen molar-refractivity contribution in [1.82, 2.24) is 15.8 Å². The SMILES string of the molecule is O=C(N[C@@H]1CCCNC1)c1ccon1. The van der Waals surface area contributed by atoms with E-state index in [-0.39, 0.29) is 11.9 Å². The minimum absolute atomic E-state index is 0.160. The molecule has 0 radical (unpaired) electrons. The molecule has 1 aromatic heterocycles. The van der Waals surface area contributed by atoms with Gasteiger partial charge in [-0.05, 0) is 19.4 Å². The van der Waals surface area contributed by atoms with Crippen LogP contribution in [0.25, 0.3) is 0 Å². The molecule has 1 aliphatic rings. The molecule has 0 unspecified atom stereocenters. The Kier molecular flexibility index (Phi) is 2.78. The molecule has 1 aliphatic heterocycles. The molecule has 0 spiro atoms. The van der Waals surface area contributed by atoms with E-state index in [1.807, 2.05) is 0 Å². The Bertz CT molecular complexity index is 291. The van der Waals surface area contributed by atoms with Gasteiger partial charge in [-0.1, -0.05) is 5.16 Å². The van der Waals surface area contributed by atoms with E-state index >= 15 is 0 Å². The number of rotatable bonds is 2. The fraction of sp³-hybridized carbons (Fsp3) is 0.556. The minimum Gasteiger partial charge on any atom is -0.364 e. The molecule has 1 saturated heterocycles. The van der Waals surface area contributed by atoms with Crippen molar-refractivity contribution in [3.8, 4) is 0 Å². The lowest BCUT2D eigenvalue weighted by molar-refractivity contribution is 0.0921. The van der Waals surface area contributed by atoms with E-state index in [0.717, 1.165) is 25.9 Å². The van der Waals surface area contributed by atoms with Crippen molar-refractivity contribution < 1.29 is 9.32 Å². The van der Waals surface area contributed by atoms with Gasteiger partial charge in [0.25, 0.3) is 5.91 Å². The molecule has 2 heterocycles. The van der Waals surface area contributed by atoms with Gasteiger partial charge in [-0.25, -0.2) is 0 Å². The second-order valence-electron chi connectivity index (χ2n) is 3.40. The monoisotopic (exact) mass is 195 g/mol. The van der Waals surface area contributed by atoms with E-state index in [0.29, 0.717) is 5.69 Å². The van der Waals surface area contributed by atoms with Gasteiger partial charge < -0.3 is 15.2 Å². The zero-order valence-electron chi connectivity index (χ0n) is 7.82. The number of carbonyl (C=O) groups is 1. The van der Waals surface area contributed by atoms with Gasteiger partial charge in [-0.2, -0.15) is 0 Å². The number of amides is 1. The summed E-state index contributed by atoms with van der Waals surface area (Å²) in [6.45, 7) is 1.87. The van der Waals surface area contributed by atoms with Gasteiger partial charge in [-0.15, -0.1) is 0 Å². The quantitative estimate of drug-likeness (QED) is 0.705. The van der Waals surface area contributed by atoms with Crippen molar-refractivity contribution in [2.45, 2.75) is 18.9 Å². The maximum atomic E-state index is 11.5. The molecule has 5 heteroatoms. The van der Waals surface area contributed by atoms with E-state index in [9.17, 15) is 4.79 Å². The van der Waals surface area contributed by atoms with Gasteiger partial charge in [-0.3, -0.25) is 4.79 Å². The van der Waals surface area contributed by atoms with Crippen LogP contribution in [0.2, 0.25) is 0 Å². The number of nitrogens with one attached hydrogen (secondary N) is 2. The molecule has 1 fully saturated rings. The molecule has 0 aromatic carbocycles. The van der Waals surface area contributed by atoms with Crippen LogP contribution in [0, 0.1) is 0 Å². The van der Waals surface area contributed by atoms with Crippen molar-refractivity contribution >= 4 is 5.91 Å². The highest BCUT2D eigenvalue weighted by atomic mass is 16.5. The molecule has 2 rings (SSSR count). The molecule has 1 aromatic rings. The summed E-state index contributed by atoms with van der Waals surface area (Å²) in [4.78, 5) is 11.5. The van der Waals surface area contributed by atoms with Crippen LogP contribution in [0.3, 0.4) is 0 Å². The first-order valence-corrected chi connectivity index (χ1v) is 4.78. The van der Waals surface area contributed by atoms with E-state index in [4.69, 9.17) is 0 Å². The molecular formula is C9H13N3O2. The third-order valence-corrected chi connectivity index (χ3v) is 2.30. The Labute approximate surface area is 81.8 Å². The van der Waals surface area contributed by atoms with Crippen molar-refractivity contribution in [3.05, 3.63) is 18.0 Å². The van der Waals surface area contributed by atoms with E-state index in [1.165, 1.54) is 6.26 Å². The maximum Gasteiger partial charge on any atom is 0.273 e. The first-order chi connectivity index (χ1) is 6.86. The third-order valence-electron chi connectivity index (χ3n) is 2.30. The maximum absolute atomic E-state index is 11.5. The molecule has 1 atom stereocenters. The summed E-state index contributed by atoms with van der Waals surface area (Å²) in [6.07, 6.45) is 3.52. The third kappa shape index (κ3) is 2.11. The molecule has 1 amide bonds. The zero-order valence-corrected chi connectivity index (χ0v) is 7.82. The number of aromatic nitrogens is 1. The van der Waals surface area contributed by atoms with Crippen LogP contribution in [-0.4, -0.2) is 30.2 Å². The molecule has 0 bridgehead atoms. The number of hydrogen-bond acceptors (Lipinski definition) is 4. The van der Waals surface area contributed by atoms with E-state index in [2.05, 4.69) is 20.3 Å². The average molecular weight is 195 g/mol. The van der Waals surface area contributed by atoms with Crippen LogP contribution >= 0.6 is 0 Å². The van der Waals surface area contributed by atoms with Crippen LogP contribution < -0.4 is 10.6 Å². The fourth-order valence-corrected chi connectivity index (χ4v) is 1.56. The first-order valence-electron chi connectivity index (χ1n) is 4.78. The zero-order chi connectivity index (χ0) is 9.80. The summed E-state index contributed by atoms with van der Waals surface area (Å²) in [7, 11) is 0. The molecular weight excluding hydrogens is 182 g/mol. The predicted octanol–water partition coefficient (Wildman–Crippen LogP) is 0.156. The van der Waals surface area contributed by atoms with Crippen molar-refractivity contribution in [2.75, 3.05) is 13.1 Å². The molecule has 2 N–H and O–H groups in total. The van der Waals surface area contributed by atoms with Crippen LogP contribution in [0.1, 0.15) is 23.3 Å². The summed E-state index contributed by atoms with van der Waals surface area (Å²) in [5.74, 6) is -0.160. The second kappa shape index (κ2) is 4.23. The van der Waals surface area contributed by atoms with Crippen LogP contribution in [0.15, 0.2) is 16.9 Å². The lowest BCUT2D eigenvalue weighted by atomic mass is 10.1. The Morgan fingerprint density at radius 3 is 3.29 bits per heavy atom. The lowest BCUT2D eigenvalue weighted by Gasteiger charge is -2.23. The van der Waals surface area contributed by atoms with E-state index < -0.39 is 0 Å². The topological polar surface area (TPSA) is 67.2 Å². The Morgan fingerprint density at radius 1 is 1.71 bits per heavy atom. The number of hydrogen-bond donors (Lipinski definition) is 2. The van der Waals surface area contributed by atoms with Gasteiger partial charge in [0, 0.05) is 18.7 Å². The van der Waals surface area contributed by atoms with Crippen molar-refractivity contribution in [2.24, 2.45) is 0 Å². The highest BCUT2D eigenvalue weighted by Crippen LogP contribution is 2.02. The minimum atomic E-state index is -0.160. The van der Waals surface area contributed by atoms with Gasteiger partial charge >= 0.3 is 0 Å². The normalized spacial score (nSPS) is 21.9. The van der Waals surface area contributed by atoms with Crippen LogP contribution in [0.5, 0.6) is 0 Å². The molecule has 76 valence electrons. The Balaban J connectivity index is 1.87. The summed E-state index contributed by atoms with van der Waals surface area (Å²) >= 11 is 0.